The van der Waals surface area contributed by atoms with Crippen LogP contribution in [0.3, 0.4) is 0 Å². The van der Waals surface area contributed by atoms with Crippen molar-refractivity contribution in [2.75, 3.05) is 26.2 Å². The standard InChI is InChI=1S/C16H23FN2O/c1-16(2,3)19-10-8-18(9-11-19)15(20)12-13-4-6-14(17)7-5-13/h4-7H,8-12H2,1-3H3. The molecule has 1 saturated heterocycles. The van der Waals surface area contributed by atoms with Crippen molar-refractivity contribution in [2.24, 2.45) is 0 Å². The molecule has 0 saturated carbocycles. The molecule has 110 valence electrons. The summed E-state index contributed by atoms with van der Waals surface area (Å²) in [4.78, 5) is 16.5. The van der Waals surface area contributed by atoms with Crippen LogP contribution in [0.15, 0.2) is 24.3 Å². The zero-order chi connectivity index (χ0) is 14.8. The van der Waals surface area contributed by atoms with E-state index in [1.807, 2.05) is 4.90 Å². The number of carbonyl (C=O) groups is 1. The highest BCUT2D eigenvalue weighted by molar-refractivity contribution is 5.78. The number of amides is 1. The molecular formula is C16H23FN2O. The Hall–Kier alpha value is -1.42. The molecule has 1 aliphatic heterocycles. The zero-order valence-electron chi connectivity index (χ0n) is 12.5. The monoisotopic (exact) mass is 278 g/mol. The van der Waals surface area contributed by atoms with Gasteiger partial charge in [-0.05, 0) is 38.5 Å². The van der Waals surface area contributed by atoms with E-state index in [1.165, 1.54) is 12.1 Å². The molecule has 0 radical (unpaired) electrons. The predicted molar refractivity (Wildman–Crippen MR) is 78.0 cm³/mol. The molecular weight excluding hydrogens is 255 g/mol. The Kier molecular flexibility index (Phi) is 4.43. The maximum absolute atomic E-state index is 12.8. The summed E-state index contributed by atoms with van der Waals surface area (Å²) in [5, 5.41) is 0. The first-order chi connectivity index (χ1) is 9.36. The van der Waals surface area contributed by atoms with Crippen LogP contribution in [0.2, 0.25) is 0 Å². The number of piperazine rings is 1. The summed E-state index contributed by atoms with van der Waals surface area (Å²) in [6.07, 6.45) is 0.357. The van der Waals surface area contributed by atoms with Crippen LogP contribution in [0.1, 0.15) is 26.3 Å². The fraction of sp³-hybridized carbons (Fsp3) is 0.562. The van der Waals surface area contributed by atoms with Gasteiger partial charge in [0.2, 0.25) is 5.91 Å². The lowest BCUT2D eigenvalue weighted by atomic mass is 10.0. The average molecular weight is 278 g/mol. The molecule has 1 aliphatic rings. The first-order valence-electron chi connectivity index (χ1n) is 7.13. The summed E-state index contributed by atoms with van der Waals surface area (Å²) in [6.45, 7) is 9.97. The minimum absolute atomic E-state index is 0.130. The molecule has 0 aromatic heterocycles. The Balaban J connectivity index is 1.87. The largest absolute Gasteiger partial charge is 0.340 e. The second-order valence-electron chi connectivity index (χ2n) is 6.34. The third kappa shape index (κ3) is 3.79. The molecule has 0 unspecified atom stereocenters. The number of halogens is 1. The number of hydrogen-bond acceptors (Lipinski definition) is 2. The second kappa shape index (κ2) is 5.92. The lowest BCUT2D eigenvalue weighted by Crippen LogP contribution is -2.54. The maximum atomic E-state index is 12.8. The van der Waals surface area contributed by atoms with Crippen molar-refractivity contribution in [3.05, 3.63) is 35.6 Å². The van der Waals surface area contributed by atoms with Crippen molar-refractivity contribution >= 4 is 5.91 Å². The lowest BCUT2D eigenvalue weighted by molar-refractivity contribution is -0.133. The molecule has 1 aromatic rings. The lowest BCUT2D eigenvalue weighted by Gasteiger charge is -2.42. The van der Waals surface area contributed by atoms with E-state index >= 15 is 0 Å². The Morgan fingerprint density at radius 3 is 2.15 bits per heavy atom. The fourth-order valence-electron chi connectivity index (χ4n) is 2.52. The van der Waals surface area contributed by atoms with Gasteiger partial charge >= 0.3 is 0 Å². The van der Waals surface area contributed by atoms with Crippen LogP contribution in [0.4, 0.5) is 4.39 Å². The topological polar surface area (TPSA) is 23.6 Å². The van der Waals surface area contributed by atoms with Gasteiger partial charge in [-0.25, -0.2) is 4.39 Å². The van der Waals surface area contributed by atoms with Gasteiger partial charge in [-0.2, -0.15) is 0 Å². The van der Waals surface area contributed by atoms with Crippen LogP contribution in [0, 0.1) is 5.82 Å². The van der Waals surface area contributed by atoms with Gasteiger partial charge in [0.05, 0.1) is 6.42 Å². The molecule has 0 bridgehead atoms. The number of carbonyl (C=O) groups excluding carboxylic acids is 1. The van der Waals surface area contributed by atoms with E-state index in [0.29, 0.717) is 6.42 Å². The molecule has 1 amide bonds. The number of benzene rings is 1. The van der Waals surface area contributed by atoms with Crippen LogP contribution >= 0.6 is 0 Å². The highest BCUT2D eigenvalue weighted by Gasteiger charge is 2.27. The molecule has 1 fully saturated rings. The van der Waals surface area contributed by atoms with Crippen LogP contribution in [0.25, 0.3) is 0 Å². The summed E-state index contributed by atoms with van der Waals surface area (Å²) in [5.74, 6) is -0.134. The molecule has 0 aliphatic carbocycles. The number of rotatable bonds is 2. The summed E-state index contributed by atoms with van der Waals surface area (Å²) < 4.78 is 12.8. The van der Waals surface area contributed by atoms with Crippen LogP contribution < -0.4 is 0 Å². The molecule has 4 heteroatoms. The maximum Gasteiger partial charge on any atom is 0.227 e. The second-order valence-corrected chi connectivity index (χ2v) is 6.34. The first kappa shape index (κ1) is 15.0. The highest BCUT2D eigenvalue weighted by Crippen LogP contribution is 2.16. The normalized spacial score (nSPS) is 17.3. The molecule has 2 rings (SSSR count). The van der Waals surface area contributed by atoms with Crippen molar-refractivity contribution < 1.29 is 9.18 Å². The van der Waals surface area contributed by atoms with Gasteiger partial charge in [-0.15, -0.1) is 0 Å². The minimum Gasteiger partial charge on any atom is -0.340 e. The third-order valence-electron chi connectivity index (χ3n) is 3.85. The molecule has 0 spiro atoms. The SMILES string of the molecule is CC(C)(C)N1CCN(C(=O)Cc2ccc(F)cc2)CC1. The Morgan fingerprint density at radius 1 is 1.10 bits per heavy atom. The molecule has 20 heavy (non-hydrogen) atoms. The predicted octanol–water partition coefficient (Wildman–Crippen LogP) is 2.31. The molecule has 1 heterocycles. The number of hydrogen-bond donors (Lipinski definition) is 0. The van der Waals surface area contributed by atoms with Crippen molar-refractivity contribution in [1.82, 2.24) is 9.80 Å². The zero-order valence-corrected chi connectivity index (χ0v) is 12.5. The quantitative estimate of drug-likeness (QED) is 0.829. The van der Waals surface area contributed by atoms with Crippen molar-refractivity contribution in [2.45, 2.75) is 32.7 Å². The highest BCUT2D eigenvalue weighted by atomic mass is 19.1. The van der Waals surface area contributed by atoms with E-state index in [9.17, 15) is 9.18 Å². The third-order valence-corrected chi connectivity index (χ3v) is 3.85. The number of nitrogens with zero attached hydrogens (tertiary/aromatic N) is 2. The summed E-state index contributed by atoms with van der Waals surface area (Å²) in [6, 6.07) is 6.16. The van der Waals surface area contributed by atoms with Gasteiger partial charge in [0.1, 0.15) is 5.82 Å². The first-order valence-corrected chi connectivity index (χ1v) is 7.13. The van der Waals surface area contributed by atoms with Gasteiger partial charge in [0.15, 0.2) is 0 Å². The summed E-state index contributed by atoms with van der Waals surface area (Å²) >= 11 is 0. The van der Waals surface area contributed by atoms with E-state index in [2.05, 4.69) is 25.7 Å². The van der Waals surface area contributed by atoms with Crippen LogP contribution in [0.5, 0.6) is 0 Å². The Labute approximate surface area is 120 Å². The van der Waals surface area contributed by atoms with E-state index in [-0.39, 0.29) is 17.3 Å². The van der Waals surface area contributed by atoms with Crippen molar-refractivity contribution in [3.8, 4) is 0 Å². The molecule has 0 N–H and O–H groups in total. The Morgan fingerprint density at radius 2 is 1.65 bits per heavy atom. The summed E-state index contributed by atoms with van der Waals surface area (Å²) in [5.41, 5.74) is 1.03. The average Bonchev–Trinajstić information content (AvgIpc) is 2.40. The minimum atomic E-state index is -0.264. The summed E-state index contributed by atoms with van der Waals surface area (Å²) in [7, 11) is 0. The van der Waals surface area contributed by atoms with Crippen molar-refractivity contribution in [1.29, 1.82) is 0 Å². The van der Waals surface area contributed by atoms with Crippen LogP contribution in [-0.4, -0.2) is 47.4 Å². The fourth-order valence-corrected chi connectivity index (χ4v) is 2.52. The van der Waals surface area contributed by atoms with E-state index < -0.39 is 0 Å². The Bertz CT molecular complexity index is 456. The van der Waals surface area contributed by atoms with E-state index in [4.69, 9.17) is 0 Å². The van der Waals surface area contributed by atoms with Crippen LogP contribution in [-0.2, 0) is 11.2 Å². The van der Waals surface area contributed by atoms with Gasteiger partial charge < -0.3 is 4.90 Å². The smallest absolute Gasteiger partial charge is 0.227 e. The van der Waals surface area contributed by atoms with Gasteiger partial charge in [0, 0.05) is 31.7 Å². The van der Waals surface area contributed by atoms with Crippen molar-refractivity contribution in [3.63, 3.8) is 0 Å². The molecule has 0 atom stereocenters. The molecule has 3 nitrogen and oxygen atoms in total. The van der Waals surface area contributed by atoms with Gasteiger partial charge in [0.25, 0.3) is 0 Å². The van der Waals surface area contributed by atoms with E-state index in [0.717, 1.165) is 31.7 Å². The van der Waals surface area contributed by atoms with Gasteiger partial charge in [-0.3, -0.25) is 9.69 Å². The van der Waals surface area contributed by atoms with E-state index in [1.54, 1.807) is 12.1 Å². The molecule has 1 aromatic carbocycles. The van der Waals surface area contributed by atoms with Gasteiger partial charge in [-0.1, -0.05) is 12.1 Å².